The Balaban J connectivity index is 4.53. The van der Waals surface area contributed by atoms with Gasteiger partial charge >= 0.3 is 17.9 Å². The van der Waals surface area contributed by atoms with Crippen LogP contribution in [-0.2, 0) is 28.6 Å². The standard InChI is InChI=1S/C65H106O6/c1-4-7-10-13-16-19-22-25-28-31-32-35-38-41-44-47-50-53-56-59-65(68)71-62(60-69-63(66)57-54-51-48-45-42-39-36-33-29-26-23-20-17-14-11-8-5-2)61-70-64(67)58-55-52-49-46-43-40-37-34-30-27-24-21-18-15-12-9-6-3/h7,10,16-21,25-30,32,35-36,39,41,44,62H,4-6,8-9,11-15,22-24,31,33-34,37-38,40,42-43,45-61H2,1-3H3/b10-7-,19-16-,20-17-,21-18-,28-25-,29-26-,30-27-,35-32-,39-36-,44-41-/t62-/m1/s1. The number of carbonyl (C=O) groups excluding carboxylic acids is 3. The van der Waals surface area contributed by atoms with Crippen LogP contribution >= 0.6 is 0 Å². The number of carbonyl (C=O) groups is 3. The van der Waals surface area contributed by atoms with Gasteiger partial charge in [0.15, 0.2) is 6.10 Å². The van der Waals surface area contributed by atoms with Gasteiger partial charge in [-0.25, -0.2) is 0 Å². The first-order valence-corrected chi connectivity index (χ1v) is 29.0. The Labute approximate surface area is 437 Å². The number of allylic oxidation sites excluding steroid dienone is 20. The van der Waals surface area contributed by atoms with Crippen molar-refractivity contribution in [1.29, 1.82) is 0 Å². The topological polar surface area (TPSA) is 78.9 Å². The average Bonchev–Trinajstić information content (AvgIpc) is 3.37. The summed E-state index contributed by atoms with van der Waals surface area (Å²) < 4.78 is 16.8. The number of ether oxygens (including phenoxy) is 3. The summed E-state index contributed by atoms with van der Waals surface area (Å²) >= 11 is 0. The molecule has 0 aromatic heterocycles. The molecule has 0 fully saturated rings. The average molecular weight is 984 g/mol. The van der Waals surface area contributed by atoms with Gasteiger partial charge in [0.25, 0.3) is 0 Å². The van der Waals surface area contributed by atoms with Crippen LogP contribution in [0.25, 0.3) is 0 Å². The molecule has 1 atom stereocenters. The zero-order valence-corrected chi connectivity index (χ0v) is 45.9. The number of unbranched alkanes of at least 4 members (excludes halogenated alkanes) is 20. The van der Waals surface area contributed by atoms with Gasteiger partial charge in [-0.15, -0.1) is 0 Å². The zero-order valence-electron chi connectivity index (χ0n) is 45.9. The van der Waals surface area contributed by atoms with E-state index in [-0.39, 0.29) is 37.5 Å². The van der Waals surface area contributed by atoms with Crippen molar-refractivity contribution in [3.05, 3.63) is 122 Å². The van der Waals surface area contributed by atoms with Gasteiger partial charge in [-0.05, 0) is 135 Å². The van der Waals surface area contributed by atoms with Crippen LogP contribution in [0.4, 0.5) is 0 Å². The lowest BCUT2D eigenvalue weighted by Crippen LogP contribution is -2.30. The summed E-state index contributed by atoms with van der Waals surface area (Å²) in [7, 11) is 0. The normalized spacial score (nSPS) is 13.0. The summed E-state index contributed by atoms with van der Waals surface area (Å²) in [4.78, 5) is 38.2. The summed E-state index contributed by atoms with van der Waals surface area (Å²) in [6.07, 6.45) is 80.4. The fourth-order valence-electron chi connectivity index (χ4n) is 7.56. The number of rotatable bonds is 51. The van der Waals surface area contributed by atoms with E-state index < -0.39 is 6.10 Å². The quantitative estimate of drug-likeness (QED) is 0.0261. The molecular weight excluding hydrogens is 877 g/mol. The monoisotopic (exact) mass is 983 g/mol. The first kappa shape index (κ1) is 66.8. The highest BCUT2D eigenvalue weighted by atomic mass is 16.6. The second-order valence-corrected chi connectivity index (χ2v) is 18.8. The van der Waals surface area contributed by atoms with Gasteiger partial charge in [-0.2, -0.15) is 0 Å². The van der Waals surface area contributed by atoms with E-state index in [9.17, 15) is 14.4 Å². The van der Waals surface area contributed by atoms with Gasteiger partial charge in [0.1, 0.15) is 13.2 Å². The molecule has 0 aliphatic carbocycles. The maximum absolute atomic E-state index is 12.9. The van der Waals surface area contributed by atoms with E-state index in [2.05, 4.69) is 142 Å². The van der Waals surface area contributed by atoms with Crippen molar-refractivity contribution >= 4 is 17.9 Å². The smallest absolute Gasteiger partial charge is 0.306 e. The predicted octanol–water partition coefficient (Wildman–Crippen LogP) is 19.6. The van der Waals surface area contributed by atoms with E-state index in [4.69, 9.17) is 14.2 Å². The molecule has 0 amide bonds. The molecule has 0 unspecified atom stereocenters. The van der Waals surface area contributed by atoms with E-state index in [0.717, 1.165) is 128 Å². The molecule has 6 nitrogen and oxygen atoms in total. The Bertz CT molecular complexity index is 1500. The van der Waals surface area contributed by atoms with Crippen molar-refractivity contribution in [2.45, 2.75) is 258 Å². The van der Waals surface area contributed by atoms with Crippen LogP contribution in [0.15, 0.2) is 122 Å². The molecule has 0 aromatic rings. The Morgan fingerprint density at radius 2 is 0.549 bits per heavy atom. The van der Waals surface area contributed by atoms with Crippen molar-refractivity contribution in [3.8, 4) is 0 Å². The van der Waals surface area contributed by atoms with E-state index in [0.29, 0.717) is 19.3 Å². The summed E-state index contributed by atoms with van der Waals surface area (Å²) in [5.41, 5.74) is 0. The first-order chi connectivity index (χ1) is 35.0. The molecule has 0 radical (unpaired) electrons. The maximum Gasteiger partial charge on any atom is 0.306 e. The minimum Gasteiger partial charge on any atom is -0.462 e. The summed E-state index contributed by atoms with van der Waals surface area (Å²) in [5, 5.41) is 0. The molecule has 402 valence electrons. The second kappa shape index (κ2) is 58.4. The van der Waals surface area contributed by atoms with Crippen LogP contribution in [0.5, 0.6) is 0 Å². The zero-order chi connectivity index (χ0) is 51.4. The third-order valence-electron chi connectivity index (χ3n) is 11.9. The third kappa shape index (κ3) is 56.6. The third-order valence-corrected chi connectivity index (χ3v) is 11.9. The molecule has 0 saturated carbocycles. The second-order valence-electron chi connectivity index (χ2n) is 18.8. The Kier molecular flexibility index (Phi) is 54.9. The summed E-state index contributed by atoms with van der Waals surface area (Å²) in [6, 6.07) is 0. The van der Waals surface area contributed by atoms with Gasteiger partial charge in [0, 0.05) is 19.3 Å². The minimum atomic E-state index is -0.813. The van der Waals surface area contributed by atoms with Crippen molar-refractivity contribution < 1.29 is 28.6 Å². The van der Waals surface area contributed by atoms with E-state index in [1.54, 1.807) is 0 Å². The lowest BCUT2D eigenvalue weighted by molar-refractivity contribution is -0.167. The lowest BCUT2D eigenvalue weighted by atomic mass is 10.1. The Morgan fingerprint density at radius 3 is 0.873 bits per heavy atom. The van der Waals surface area contributed by atoms with Gasteiger partial charge < -0.3 is 14.2 Å². The van der Waals surface area contributed by atoms with Crippen molar-refractivity contribution in [3.63, 3.8) is 0 Å². The highest BCUT2D eigenvalue weighted by Crippen LogP contribution is 2.13. The van der Waals surface area contributed by atoms with Gasteiger partial charge in [0.05, 0.1) is 0 Å². The summed E-state index contributed by atoms with van der Waals surface area (Å²) in [6.45, 7) is 6.42. The van der Waals surface area contributed by atoms with Crippen LogP contribution in [-0.4, -0.2) is 37.2 Å². The largest absolute Gasteiger partial charge is 0.462 e. The lowest BCUT2D eigenvalue weighted by Gasteiger charge is -2.18. The van der Waals surface area contributed by atoms with Gasteiger partial charge in [0.2, 0.25) is 0 Å². The van der Waals surface area contributed by atoms with E-state index in [1.807, 2.05) is 0 Å². The van der Waals surface area contributed by atoms with Crippen molar-refractivity contribution in [2.24, 2.45) is 0 Å². The molecular formula is C65H106O6. The Morgan fingerprint density at radius 1 is 0.296 bits per heavy atom. The molecule has 0 spiro atoms. The SMILES string of the molecule is CC/C=C\C/C=C\C/C=C\C/C=C\C/C=C\CCCCCC(=O)O[C@H](COC(=O)CCCCCC/C=C\C/C=C\C/C=C\CCCCC)COC(=O)CCCCCCCCC/C=C\C/C=C\CCCCC. The van der Waals surface area contributed by atoms with Crippen LogP contribution < -0.4 is 0 Å². The molecule has 0 N–H and O–H groups in total. The van der Waals surface area contributed by atoms with Crippen LogP contribution in [0, 0.1) is 0 Å². The van der Waals surface area contributed by atoms with Crippen LogP contribution in [0.1, 0.15) is 252 Å². The first-order valence-electron chi connectivity index (χ1n) is 29.0. The highest BCUT2D eigenvalue weighted by Gasteiger charge is 2.19. The van der Waals surface area contributed by atoms with Crippen molar-refractivity contribution in [1.82, 2.24) is 0 Å². The molecule has 0 aliphatic heterocycles. The molecule has 71 heavy (non-hydrogen) atoms. The fourth-order valence-corrected chi connectivity index (χ4v) is 7.56. The minimum absolute atomic E-state index is 0.106. The molecule has 0 saturated heterocycles. The van der Waals surface area contributed by atoms with E-state index >= 15 is 0 Å². The van der Waals surface area contributed by atoms with Crippen LogP contribution in [0.2, 0.25) is 0 Å². The fraction of sp³-hybridized carbons (Fsp3) is 0.646. The summed E-state index contributed by atoms with van der Waals surface area (Å²) in [5.74, 6) is -0.969. The number of hydrogen-bond donors (Lipinski definition) is 0. The number of esters is 3. The molecule has 0 rings (SSSR count). The van der Waals surface area contributed by atoms with Crippen LogP contribution in [0.3, 0.4) is 0 Å². The van der Waals surface area contributed by atoms with Crippen molar-refractivity contribution in [2.75, 3.05) is 13.2 Å². The Hall–Kier alpha value is -4.19. The molecule has 0 aliphatic rings. The molecule has 0 bridgehead atoms. The molecule has 0 heterocycles. The van der Waals surface area contributed by atoms with E-state index in [1.165, 1.54) is 77.0 Å². The van der Waals surface area contributed by atoms with Gasteiger partial charge in [-0.3, -0.25) is 14.4 Å². The predicted molar refractivity (Wildman–Crippen MR) is 306 cm³/mol. The highest BCUT2D eigenvalue weighted by molar-refractivity contribution is 5.71. The molecule has 6 heteroatoms. The number of hydrogen-bond acceptors (Lipinski definition) is 6. The van der Waals surface area contributed by atoms with Gasteiger partial charge in [-0.1, -0.05) is 219 Å². The molecule has 0 aromatic carbocycles. The maximum atomic E-state index is 12.9.